The van der Waals surface area contributed by atoms with Crippen LogP contribution in [0.5, 0.6) is 0 Å². The van der Waals surface area contributed by atoms with E-state index in [1.807, 2.05) is 24.3 Å². The lowest BCUT2D eigenvalue weighted by molar-refractivity contribution is 0.0687. The van der Waals surface area contributed by atoms with E-state index in [9.17, 15) is 4.79 Å². The van der Waals surface area contributed by atoms with E-state index in [4.69, 9.17) is 0 Å². The van der Waals surface area contributed by atoms with Gasteiger partial charge in [0.1, 0.15) is 5.82 Å². The first kappa shape index (κ1) is 17.7. The first-order valence-electron chi connectivity index (χ1n) is 8.98. The van der Waals surface area contributed by atoms with E-state index in [0.717, 1.165) is 51.3 Å². The van der Waals surface area contributed by atoms with Crippen LogP contribution in [0.1, 0.15) is 41.6 Å². The Morgan fingerprint density at radius 2 is 2.08 bits per heavy atom. The molecule has 1 saturated heterocycles. The minimum absolute atomic E-state index is 0.0166. The predicted molar refractivity (Wildman–Crippen MR) is 96.5 cm³/mol. The summed E-state index contributed by atoms with van der Waals surface area (Å²) in [5.41, 5.74) is 0. The quantitative estimate of drug-likeness (QED) is 0.798. The van der Waals surface area contributed by atoms with Gasteiger partial charge in [0.25, 0.3) is 5.91 Å². The van der Waals surface area contributed by atoms with Gasteiger partial charge in [-0.25, -0.2) is 9.97 Å². The fourth-order valence-corrected chi connectivity index (χ4v) is 3.51. The lowest BCUT2D eigenvalue weighted by Gasteiger charge is -2.32. The molecule has 0 aromatic carbocycles. The van der Waals surface area contributed by atoms with E-state index in [0.29, 0.717) is 11.7 Å². The lowest BCUT2D eigenvalue weighted by Crippen LogP contribution is -2.40. The molecule has 7 nitrogen and oxygen atoms in total. The molecule has 0 spiro atoms. The average Bonchev–Trinajstić information content (AvgIpc) is 3.23. The molecule has 1 aliphatic rings. The van der Waals surface area contributed by atoms with Crippen molar-refractivity contribution in [2.75, 3.05) is 33.7 Å². The van der Waals surface area contributed by atoms with Crippen molar-refractivity contribution >= 4 is 5.91 Å². The molecule has 0 aliphatic carbocycles. The molecule has 2 aromatic rings. The second kappa shape index (κ2) is 7.82. The smallest absolute Gasteiger partial charge is 0.289 e. The van der Waals surface area contributed by atoms with Crippen LogP contribution in [0.2, 0.25) is 0 Å². The van der Waals surface area contributed by atoms with E-state index in [1.54, 1.807) is 10.8 Å². The third-order valence-corrected chi connectivity index (χ3v) is 4.84. The number of piperidine rings is 1. The van der Waals surface area contributed by atoms with Crippen LogP contribution in [-0.4, -0.2) is 68.5 Å². The summed E-state index contributed by atoms with van der Waals surface area (Å²) in [7, 11) is 6.05. The molecule has 7 heteroatoms. The molecule has 0 N–H and O–H groups in total. The lowest BCUT2D eigenvalue weighted by atomic mass is 9.97. The Hall–Kier alpha value is -2.15. The molecule has 136 valence electrons. The molecule has 1 amide bonds. The molecule has 0 radical (unpaired) electrons. The first-order chi connectivity index (χ1) is 12.1. The van der Waals surface area contributed by atoms with Gasteiger partial charge in [0.2, 0.25) is 0 Å². The number of aryl methyl sites for hydroxylation is 2. The number of carbonyl (C=O) groups is 1. The van der Waals surface area contributed by atoms with Crippen molar-refractivity contribution in [1.29, 1.82) is 0 Å². The standard InChI is InChI=1S/C18H28N6O/c1-21(2)9-5-11-23-13-8-19-16(23)15-6-4-10-24(14-15)18(25)17-20-7-12-22(17)3/h7-8,12-13,15H,4-6,9-11,14H2,1-3H3/t15-/m1/s1. The molecule has 3 heterocycles. The van der Waals surface area contributed by atoms with Crippen molar-refractivity contribution < 1.29 is 4.79 Å². The maximum atomic E-state index is 12.7. The number of likely N-dealkylation sites (tertiary alicyclic amines) is 1. The van der Waals surface area contributed by atoms with Crippen LogP contribution >= 0.6 is 0 Å². The van der Waals surface area contributed by atoms with Crippen LogP contribution in [0.3, 0.4) is 0 Å². The van der Waals surface area contributed by atoms with Crippen molar-refractivity contribution in [2.24, 2.45) is 7.05 Å². The van der Waals surface area contributed by atoms with Gasteiger partial charge in [0.05, 0.1) is 0 Å². The number of nitrogens with zero attached hydrogens (tertiary/aromatic N) is 6. The van der Waals surface area contributed by atoms with Crippen molar-refractivity contribution in [3.63, 3.8) is 0 Å². The molecule has 2 aromatic heterocycles. The maximum Gasteiger partial charge on any atom is 0.289 e. The molecule has 1 fully saturated rings. The predicted octanol–water partition coefficient (Wildman–Crippen LogP) is 1.59. The zero-order valence-corrected chi connectivity index (χ0v) is 15.4. The van der Waals surface area contributed by atoms with Gasteiger partial charge in [-0.2, -0.15) is 0 Å². The van der Waals surface area contributed by atoms with Crippen LogP contribution in [0.4, 0.5) is 0 Å². The number of imidazole rings is 2. The van der Waals surface area contributed by atoms with Gasteiger partial charge in [0.15, 0.2) is 5.82 Å². The third-order valence-electron chi connectivity index (χ3n) is 4.84. The molecular formula is C18H28N6O. The normalized spacial score (nSPS) is 18.1. The maximum absolute atomic E-state index is 12.7. The Morgan fingerprint density at radius 1 is 1.28 bits per heavy atom. The zero-order valence-electron chi connectivity index (χ0n) is 15.4. The Labute approximate surface area is 149 Å². The van der Waals surface area contributed by atoms with E-state index in [2.05, 4.69) is 39.7 Å². The van der Waals surface area contributed by atoms with E-state index in [-0.39, 0.29) is 5.91 Å². The topological polar surface area (TPSA) is 59.2 Å². The van der Waals surface area contributed by atoms with Gasteiger partial charge < -0.3 is 18.9 Å². The van der Waals surface area contributed by atoms with Gasteiger partial charge in [-0.15, -0.1) is 0 Å². The van der Waals surface area contributed by atoms with Crippen LogP contribution in [0.25, 0.3) is 0 Å². The van der Waals surface area contributed by atoms with Crippen molar-refractivity contribution in [2.45, 2.75) is 31.7 Å². The summed E-state index contributed by atoms with van der Waals surface area (Å²) in [5.74, 6) is 1.93. The summed E-state index contributed by atoms with van der Waals surface area (Å²) in [6.07, 6.45) is 10.6. The van der Waals surface area contributed by atoms with Crippen molar-refractivity contribution in [3.05, 3.63) is 36.4 Å². The first-order valence-corrected chi connectivity index (χ1v) is 8.98. The molecule has 0 saturated carbocycles. The molecular weight excluding hydrogens is 316 g/mol. The van der Waals surface area contributed by atoms with Gasteiger partial charge in [-0.1, -0.05) is 0 Å². The SMILES string of the molecule is CN(C)CCCn1ccnc1[C@@H]1CCCN(C(=O)c2nccn2C)C1. The highest BCUT2D eigenvalue weighted by Crippen LogP contribution is 2.26. The van der Waals surface area contributed by atoms with Gasteiger partial charge in [0, 0.05) is 57.4 Å². The van der Waals surface area contributed by atoms with Crippen molar-refractivity contribution in [3.8, 4) is 0 Å². The monoisotopic (exact) mass is 344 g/mol. The number of hydrogen-bond acceptors (Lipinski definition) is 4. The van der Waals surface area contributed by atoms with Crippen LogP contribution in [0, 0.1) is 0 Å². The summed E-state index contributed by atoms with van der Waals surface area (Å²) in [5, 5.41) is 0. The number of rotatable bonds is 6. The Kier molecular flexibility index (Phi) is 5.53. The average molecular weight is 344 g/mol. The van der Waals surface area contributed by atoms with E-state index < -0.39 is 0 Å². The highest BCUT2D eigenvalue weighted by molar-refractivity contribution is 5.90. The number of carbonyl (C=O) groups excluding carboxylic acids is 1. The van der Waals surface area contributed by atoms with E-state index in [1.165, 1.54) is 0 Å². The van der Waals surface area contributed by atoms with Crippen LogP contribution in [-0.2, 0) is 13.6 Å². The van der Waals surface area contributed by atoms with Gasteiger partial charge in [-0.3, -0.25) is 4.79 Å². The summed E-state index contributed by atoms with van der Waals surface area (Å²) < 4.78 is 4.04. The second-order valence-corrected chi connectivity index (χ2v) is 7.09. The molecule has 0 unspecified atom stereocenters. The number of aromatic nitrogens is 4. The largest absolute Gasteiger partial charge is 0.335 e. The zero-order chi connectivity index (χ0) is 17.8. The van der Waals surface area contributed by atoms with Crippen molar-refractivity contribution in [1.82, 2.24) is 28.9 Å². The van der Waals surface area contributed by atoms with Crippen LogP contribution in [0.15, 0.2) is 24.8 Å². The summed E-state index contributed by atoms with van der Waals surface area (Å²) in [4.78, 5) is 25.7. The number of hydrogen-bond donors (Lipinski definition) is 0. The Balaban J connectivity index is 1.67. The Morgan fingerprint density at radius 3 is 2.80 bits per heavy atom. The second-order valence-electron chi connectivity index (χ2n) is 7.09. The minimum Gasteiger partial charge on any atom is -0.335 e. The Bertz CT molecular complexity index is 704. The van der Waals surface area contributed by atoms with E-state index >= 15 is 0 Å². The number of amides is 1. The van der Waals surface area contributed by atoms with Gasteiger partial charge in [-0.05, 0) is 39.9 Å². The molecule has 3 rings (SSSR count). The summed E-state index contributed by atoms with van der Waals surface area (Å²) >= 11 is 0. The fourth-order valence-electron chi connectivity index (χ4n) is 3.51. The summed E-state index contributed by atoms with van der Waals surface area (Å²) in [6.45, 7) is 3.54. The molecule has 1 atom stereocenters. The minimum atomic E-state index is 0.0166. The molecule has 0 bridgehead atoms. The van der Waals surface area contributed by atoms with Gasteiger partial charge >= 0.3 is 0 Å². The molecule has 1 aliphatic heterocycles. The summed E-state index contributed by atoms with van der Waals surface area (Å²) in [6, 6.07) is 0. The van der Waals surface area contributed by atoms with Crippen LogP contribution < -0.4 is 0 Å². The highest BCUT2D eigenvalue weighted by Gasteiger charge is 2.29. The fraction of sp³-hybridized carbons (Fsp3) is 0.611. The molecule has 25 heavy (non-hydrogen) atoms. The third kappa shape index (κ3) is 4.10. The highest BCUT2D eigenvalue weighted by atomic mass is 16.2.